The van der Waals surface area contributed by atoms with E-state index in [9.17, 15) is 17.6 Å². The molecule has 0 unspecified atom stereocenters. The molecule has 0 amide bonds. The van der Waals surface area contributed by atoms with Crippen molar-refractivity contribution in [2.24, 2.45) is 0 Å². The summed E-state index contributed by atoms with van der Waals surface area (Å²) in [5.41, 5.74) is 0.280. The molecule has 0 radical (unpaired) electrons. The second kappa shape index (κ2) is 6.96. The first kappa shape index (κ1) is 19.1. The molecule has 1 N–H and O–H groups in total. The number of benzene rings is 1. The van der Waals surface area contributed by atoms with Crippen molar-refractivity contribution in [3.05, 3.63) is 65.1 Å². The number of imidazole rings is 1. The summed E-state index contributed by atoms with van der Waals surface area (Å²) >= 11 is 6.09. The van der Waals surface area contributed by atoms with Gasteiger partial charge in [0, 0.05) is 12.1 Å². The van der Waals surface area contributed by atoms with Gasteiger partial charge in [0.1, 0.15) is 28.3 Å². The molecule has 4 rings (SSSR count). The molecule has 0 aliphatic heterocycles. The first-order valence-corrected chi connectivity index (χ1v) is 8.58. The lowest BCUT2D eigenvalue weighted by Crippen LogP contribution is -2.08. The quantitative estimate of drug-likeness (QED) is 0.368. The number of aryl methyl sites for hydroxylation is 1. The molecule has 0 saturated carbocycles. The zero-order valence-electron chi connectivity index (χ0n) is 14.7. The van der Waals surface area contributed by atoms with Crippen LogP contribution in [0.1, 0.15) is 11.5 Å². The minimum absolute atomic E-state index is 0.0340. The molecular formula is C18H11ClF4N6. The fourth-order valence-corrected chi connectivity index (χ4v) is 2.98. The van der Waals surface area contributed by atoms with Gasteiger partial charge in [-0.15, -0.1) is 0 Å². The molecule has 3 aromatic heterocycles. The highest BCUT2D eigenvalue weighted by molar-refractivity contribution is 6.29. The summed E-state index contributed by atoms with van der Waals surface area (Å²) in [5, 5.41) is 2.84. The summed E-state index contributed by atoms with van der Waals surface area (Å²) in [6.07, 6.45) is -3.52. The number of nitrogens with one attached hydrogen (secondary N) is 1. The second-order valence-electron chi connectivity index (χ2n) is 6.05. The van der Waals surface area contributed by atoms with E-state index in [4.69, 9.17) is 11.6 Å². The zero-order chi connectivity index (χ0) is 20.8. The number of pyridine rings is 1. The lowest BCUT2D eigenvalue weighted by atomic mass is 10.3. The lowest BCUT2D eigenvalue weighted by molar-refractivity contribution is -0.141. The standard InChI is InChI=1S/C18H11ClF4N6/c1-9-25-12-4-2-10(20)6-13(12)29(9)16-7-15(19)27-17(28-16)26-11-3-5-14(24-8-11)18(21,22)23/h2-8H,1H3,(H,26,27,28). The molecular weight excluding hydrogens is 412 g/mol. The lowest BCUT2D eigenvalue weighted by Gasteiger charge is -2.11. The summed E-state index contributed by atoms with van der Waals surface area (Å²) in [6, 6.07) is 7.67. The Balaban J connectivity index is 1.72. The van der Waals surface area contributed by atoms with Crippen LogP contribution in [0.3, 0.4) is 0 Å². The number of aromatic nitrogens is 5. The second-order valence-corrected chi connectivity index (χ2v) is 6.44. The minimum atomic E-state index is -4.53. The molecule has 0 fully saturated rings. The Labute approximate surface area is 166 Å². The maximum Gasteiger partial charge on any atom is 0.433 e. The van der Waals surface area contributed by atoms with Crippen LogP contribution in [0.15, 0.2) is 42.6 Å². The van der Waals surface area contributed by atoms with Crippen LogP contribution < -0.4 is 5.32 Å². The maximum absolute atomic E-state index is 13.7. The Morgan fingerprint density at radius 2 is 1.83 bits per heavy atom. The molecule has 3 heterocycles. The van der Waals surface area contributed by atoms with Gasteiger partial charge in [0.2, 0.25) is 5.95 Å². The highest BCUT2D eigenvalue weighted by atomic mass is 35.5. The molecule has 0 aliphatic rings. The predicted octanol–water partition coefficient (Wildman–Crippen LogP) is 5.07. The third-order valence-electron chi connectivity index (χ3n) is 4.00. The van der Waals surface area contributed by atoms with Crippen molar-refractivity contribution in [1.29, 1.82) is 0 Å². The van der Waals surface area contributed by atoms with E-state index < -0.39 is 17.7 Å². The summed E-state index contributed by atoms with van der Waals surface area (Å²) in [5.74, 6) is 0.458. The average Bonchev–Trinajstić information content (AvgIpc) is 2.96. The summed E-state index contributed by atoms with van der Waals surface area (Å²) in [6.45, 7) is 1.72. The monoisotopic (exact) mass is 422 g/mol. The number of fused-ring (bicyclic) bond motifs is 1. The van der Waals surface area contributed by atoms with Crippen LogP contribution in [-0.2, 0) is 6.18 Å². The third-order valence-corrected chi connectivity index (χ3v) is 4.20. The van der Waals surface area contributed by atoms with Crippen molar-refractivity contribution in [1.82, 2.24) is 24.5 Å². The molecule has 1 aromatic carbocycles. The molecule has 11 heteroatoms. The zero-order valence-corrected chi connectivity index (χ0v) is 15.4. The van der Waals surface area contributed by atoms with E-state index in [-0.39, 0.29) is 16.8 Å². The number of rotatable bonds is 3. The summed E-state index contributed by atoms with van der Waals surface area (Å²) in [7, 11) is 0. The third kappa shape index (κ3) is 3.83. The molecule has 0 saturated heterocycles. The van der Waals surface area contributed by atoms with E-state index in [2.05, 4.69) is 25.3 Å². The molecule has 4 aromatic rings. The maximum atomic E-state index is 13.7. The van der Waals surface area contributed by atoms with E-state index in [0.717, 1.165) is 12.3 Å². The van der Waals surface area contributed by atoms with Crippen molar-refractivity contribution in [3.8, 4) is 5.82 Å². The Morgan fingerprint density at radius 1 is 1.03 bits per heavy atom. The number of hydrogen-bond acceptors (Lipinski definition) is 5. The summed E-state index contributed by atoms with van der Waals surface area (Å²) < 4.78 is 53.2. The van der Waals surface area contributed by atoms with Gasteiger partial charge in [-0.3, -0.25) is 4.57 Å². The van der Waals surface area contributed by atoms with E-state index in [0.29, 0.717) is 22.7 Å². The van der Waals surface area contributed by atoms with E-state index >= 15 is 0 Å². The van der Waals surface area contributed by atoms with Crippen LogP contribution in [0.2, 0.25) is 5.15 Å². The number of anilines is 2. The SMILES string of the molecule is Cc1nc2ccc(F)cc2n1-c1cc(Cl)nc(Nc2ccc(C(F)(F)F)nc2)n1. The molecule has 148 valence electrons. The first-order valence-electron chi connectivity index (χ1n) is 8.20. The molecule has 0 aliphatic carbocycles. The Bertz CT molecular complexity index is 1200. The van der Waals surface area contributed by atoms with Gasteiger partial charge >= 0.3 is 6.18 Å². The molecule has 0 atom stereocenters. The fraction of sp³-hybridized carbons (Fsp3) is 0.111. The molecule has 6 nitrogen and oxygen atoms in total. The van der Waals surface area contributed by atoms with Crippen molar-refractivity contribution in [3.63, 3.8) is 0 Å². The van der Waals surface area contributed by atoms with Gasteiger partial charge in [-0.1, -0.05) is 11.6 Å². The normalized spacial score (nSPS) is 11.8. The number of halogens is 5. The van der Waals surface area contributed by atoms with Crippen molar-refractivity contribution in [2.45, 2.75) is 13.1 Å². The summed E-state index contributed by atoms with van der Waals surface area (Å²) in [4.78, 5) is 16.1. The van der Waals surface area contributed by atoms with E-state index in [1.165, 1.54) is 24.3 Å². The average molecular weight is 423 g/mol. The first-order chi connectivity index (χ1) is 13.7. The van der Waals surface area contributed by atoms with Crippen molar-refractivity contribution in [2.75, 3.05) is 5.32 Å². The van der Waals surface area contributed by atoms with Crippen LogP contribution in [0, 0.1) is 12.7 Å². The van der Waals surface area contributed by atoms with Crippen molar-refractivity contribution < 1.29 is 17.6 Å². The minimum Gasteiger partial charge on any atom is -0.323 e. The Kier molecular flexibility index (Phi) is 4.58. The Hall–Kier alpha value is -3.27. The predicted molar refractivity (Wildman–Crippen MR) is 98.9 cm³/mol. The van der Waals surface area contributed by atoms with Gasteiger partial charge in [0.05, 0.1) is 22.9 Å². The smallest absolute Gasteiger partial charge is 0.323 e. The van der Waals surface area contributed by atoms with Crippen molar-refractivity contribution >= 4 is 34.3 Å². The van der Waals surface area contributed by atoms with Crippen LogP contribution in [0.25, 0.3) is 16.9 Å². The van der Waals surface area contributed by atoms with Gasteiger partial charge < -0.3 is 5.32 Å². The molecule has 0 bridgehead atoms. The highest BCUT2D eigenvalue weighted by Gasteiger charge is 2.32. The molecule has 0 spiro atoms. The Morgan fingerprint density at radius 3 is 2.52 bits per heavy atom. The molecule has 29 heavy (non-hydrogen) atoms. The van der Waals surface area contributed by atoms with Crippen LogP contribution in [0.4, 0.5) is 29.2 Å². The van der Waals surface area contributed by atoms with E-state index in [1.807, 2.05) is 0 Å². The largest absolute Gasteiger partial charge is 0.433 e. The number of nitrogens with zero attached hydrogens (tertiary/aromatic N) is 5. The van der Waals surface area contributed by atoms with Gasteiger partial charge in [0.15, 0.2) is 0 Å². The number of hydrogen-bond donors (Lipinski definition) is 1. The van der Waals surface area contributed by atoms with Gasteiger partial charge in [-0.25, -0.2) is 19.3 Å². The topological polar surface area (TPSA) is 68.5 Å². The van der Waals surface area contributed by atoms with Gasteiger partial charge in [0.25, 0.3) is 0 Å². The van der Waals surface area contributed by atoms with Gasteiger partial charge in [-0.2, -0.15) is 18.2 Å². The fourth-order valence-electron chi connectivity index (χ4n) is 2.80. The van der Waals surface area contributed by atoms with Crippen LogP contribution >= 0.6 is 11.6 Å². The highest BCUT2D eigenvalue weighted by Crippen LogP contribution is 2.28. The van der Waals surface area contributed by atoms with E-state index in [1.54, 1.807) is 17.6 Å². The van der Waals surface area contributed by atoms with Gasteiger partial charge in [-0.05, 0) is 31.2 Å². The number of alkyl halides is 3. The van der Waals surface area contributed by atoms with Crippen LogP contribution in [0.5, 0.6) is 0 Å². The van der Waals surface area contributed by atoms with Crippen LogP contribution in [-0.4, -0.2) is 24.5 Å².